The van der Waals surface area contributed by atoms with Crippen LogP contribution in [0.5, 0.6) is 0 Å². The number of methoxy groups -OCH3 is 2. The normalized spacial score (nSPS) is 11.9. The van der Waals surface area contributed by atoms with Crippen molar-refractivity contribution in [1.29, 1.82) is 0 Å². The van der Waals surface area contributed by atoms with Crippen molar-refractivity contribution in [1.82, 2.24) is 0 Å². The molecule has 34 heavy (non-hydrogen) atoms. The molecule has 0 saturated carbocycles. The number of rotatable bonds is 14. The highest BCUT2D eigenvalue weighted by atomic mass is 32.1. The zero-order valence-corrected chi connectivity index (χ0v) is 19.9. The Morgan fingerprint density at radius 2 is 1.44 bits per heavy atom. The lowest BCUT2D eigenvalue weighted by molar-refractivity contribution is -0.0500. The number of benzene rings is 1. The third-order valence-electron chi connectivity index (χ3n) is 3.96. The van der Waals surface area contributed by atoms with Crippen molar-refractivity contribution in [3.05, 3.63) is 35.2 Å². The Morgan fingerprint density at radius 1 is 0.882 bits per heavy atom. The molecule has 11 nitrogen and oxygen atoms in total. The third-order valence-corrected chi connectivity index (χ3v) is 6.69. The van der Waals surface area contributed by atoms with Gasteiger partial charge in [-0.25, -0.2) is 9.59 Å². The number of hydrogen-bond donors (Lipinski definition) is 0. The van der Waals surface area contributed by atoms with Gasteiger partial charge < -0.3 is 28.4 Å². The highest BCUT2D eigenvalue weighted by molar-refractivity contribution is 7.54. The summed E-state index contributed by atoms with van der Waals surface area (Å²) in [6, 6.07) is 5.19. The lowest BCUT2D eigenvalue weighted by Crippen LogP contribution is -2.22. The minimum absolute atomic E-state index is 0.0680. The van der Waals surface area contributed by atoms with Crippen LogP contribution in [-0.4, -0.2) is 66.5 Å². The summed E-state index contributed by atoms with van der Waals surface area (Å²) in [6.45, 7) is -2.59. The monoisotopic (exact) mass is 528 g/mol. The summed E-state index contributed by atoms with van der Waals surface area (Å²) in [6.07, 6.45) is -2.55. The quantitative estimate of drug-likeness (QED) is 0.147. The van der Waals surface area contributed by atoms with Crippen LogP contribution in [0.1, 0.15) is 5.56 Å². The Kier molecular flexibility index (Phi) is 11.1. The van der Waals surface area contributed by atoms with Gasteiger partial charge in [-0.3, -0.25) is 13.6 Å². The SMILES string of the molecule is COCCOC(=O)OCOP(=O)(OCOC(=O)OCCOC)C(F)(F)c1ccc2sccc2c1. The summed E-state index contributed by atoms with van der Waals surface area (Å²) in [5.41, 5.74) is -4.90. The van der Waals surface area contributed by atoms with Gasteiger partial charge in [0.1, 0.15) is 13.2 Å². The van der Waals surface area contributed by atoms with Gasteiger partial charge in [0.25, 0.3) is 0 Å². The summed E-state index contributed by atoms with van der Waals surface area (Å²) < 4.78 is 81.3. The molecule has 1 aromatic heterocycles. The first-order valence-corrected chi connectivity index (χ1v) is 12.0. The first-order chi connectivity index (χ1) is 16.2. The second kappa shape index (κ2) is 13.5. The Balaban J connectivity index is 2.10. The second-order valence-electron chi connectivity index (χ2n) is 6.18. The molecule has 1 aromatic carbocycles. The number of carbonyl (C=O) groups excluding carboxylic acids is 2. The first-order valence-electron chi connectivity index (χ1n) is 9.55. The molecule has 0 aliphatic carbocycles. The van der Waals surface area contributed by atoms with Gasteiger partial charge >= 0.3 is 25.6 Å². The van der Waals surface area contributed by atoms with E-state index in [1.807, 2.05) is 0 Å². The number of thiophene rings is 1. The second-order valence-corrected chi connectivity index (χ2v) is 9.20. The average Bonchev–Trinajstić information content (AvgIpc) is 3.27. The smallest absolute Gasteiger partial charge is 0.432 e. The van der Waals surface area contributed by atoms with Gasteiger partial charge in [0.15, 0.2) is 0 Å². The van der Waals surface area contributed by atoms with Crippen molar-refractivity contribution in [2.75, 3.05) is 54.2 Å². The average molecular weight is 528 g/mol. The predicted molar refractivity (Wildman–Crippen MR) is 114 cm³/mol. The van der Waals surface area contributed by atoms with Gasteiger partial charge in [-0.05, 0) is 29.0 Å². The number of carbonyl (C=O) groups is 2. The molecule has 0 bridgehead atoms. The van der Waals surface area contributed by atoms with E-state index < -0.39 is 44.7 Å². The van der Waals surface area contributed by atoms with Crippen LogP contribution < -0.4 is 0 Å². The Hall–Kier alpha value is -2.35. The lowest BCUT2D eigenvalue weighted by atomic mass is 10.2. The van der Waals surface area contributed by atoms with Crippen LogP contribution in [0.15, 0.2) is 29.6 Å². The highest BCUT2D eigenvalue weighted by Crippen LogP contribution is 2.67. The van der Waals surface area contributed by atoms with Crippen LogP contribution >= 0.6 is 18.9 Å². The fraction of sp³-hybridized carbons (Fsp3) is 0.474. The molecule has 0 atom stereocenters. The van der Waals surface area contributed by atoms with E-state index in [1.165, 1.54) is 31.6 Å². The van der Waals surface area contributed by atoms with E-state index in [4.69, 9.17) is 0 Å². The lowest BCUT2D eigenvalue weighted by Gasteiger charge is -2.26. The molecule has 15 heteroatoms. The molecule has 0 N–H and O–H groups in total. The summed E-state index contributed by atoms with van der Waals surface area (Å²) in [5, 5.41) is 2.18. The number of halogens is 2. The fourth-order valence-electron chi connectivity index (χ4n) is 2.30. The van der Waals surface area contributed by atoms with Crippen LogP contribution in [0, 0.1) is 0 Å². The van der Waals surface area contributed by atoms with Gasteiger partial charge in [-0.2, -0.15) is 8.78 Å². The number of hydrogen-bond acceptors (Lipinski definition) is 12. The van der Waals surface area contributed by atoms with Gasteiger partial charge in [-0.15, -0.1) is 11.3 Å². The van der Waals surface area contributed by atoms with Crippen LogP contribution in [0.4, 0.5) is 18.4 Å². The molecular formula is C19H23F2O11PS. The molecule has 190 valence electrons. The zero-order valence-electron chi connectivity index (χ0n) is 18.2. The molecule has 0 aliphatic heterocycles. The van der Waals surface area contributed by atoms with E-state index in [0.717, 1.165) is 16.8 Å². The summed E-state index contributed by atoms with van der Waals surface area (Å²) >= 11 is 1.33. The van der Waals surface area contributed by atoms with Gasteiger partial charge in [0.05, 0.1) is 13.2 Å². The standard InChI is InChI=1S/C19H23F2O11PS/c1-25-6-8-27-17(22)29-12-31-33(24,32-13-30-18(23)28-9-7-26-2)19(20,21)15-3-4-16-14(11-15)5-10-34-16/h3-5,10-11H,6-9,12-13H2,1-2H3. The largest absolute Gasteiger partial charge is 0.510 e. The molecule has 2 aromatic rings. The van der Waals surface area contributed by atoms with Gasteiger partial charge in [0, 0.05) is 24.5 Å². The first kappa shape index (κ1) is 27.9. The van der Waals surface area contributed by atoms with Gasteiger partial charge in [0.2, 0.25) is 13.6 Å². The van der Waals surface area contributed by atoms with Crippen molar-refractivity contribution in [3.63, 3.8) is 0 Å². The Labute approximate surface area is 197 Å². The topological polar surface area (TPSA) is 125 Å². The van der Waals surface area contributed by atoms with Crippen molar-refractivity contribution in [3.8, 4) is 0 Å². The minimum Gasteiger partial charge on any atom is -0.432 e. The molecule has 0 spiro atoms. The van der Waals surface area contributed by atoms with Gasteiger partial charge in [-0.1, -0.05) is 6.07 Å². The maximum absolute atomic E-state index is 15.3. The summed E-state index contributed by atoms with van der Waals surface area (Å²) in [7, 11) is -2.68. The number of alkyl halides is 2. The third kappa shape index (κ3) is 7.86. The van der Waals surface area contributed by atoms with E-state index in [9.17, 15) is 14.2 Å². The van der Waals surface area contributed by atoms with E-state index in [-0.39, 0.29) is 26.4 Å². The summed E-state index contributed by atoms with van der Waals surface area (Å²) in [4.78, 5) is 23.0. The van der Waals surface area contributed by atoms with Crippen LogP contribution in [0.3, 0.4) is 0 Å². The van der Waals surface area contributed by atoms with E-state index in [2.05, 4.69) is 37.5 Å². The molecule has 0 fully saturated rings. The maximum atomic E-state index is 15.3. The minimum atomic E-state index is -5.42. The van der Waals surface area contributed by atoms with Crippen LogP contribution in [-0.2, 0) is 47.7 Å². The van der Waals surface area contributed by atoms with Crippen LogP contribution in [0.25, 0.3) is 10.1 Å². The maximum Gasteiger partial charge on any atom is 0.510 e. The molecule has 0 aliphatic rings. The van der Waals surface area contributed by atoms with E-state index in [0.29, 0.717) is 5.39 Å². The Bertz CT molecular complexity index is 952. The molecule has 2 rings (SSSR count). The zero-order chi connectivity index (χ0) is 25.0. The molecule has 1 heterocycles. The molecule has 0 saturated heterocycles. The van der Waals surface area contributed by atoms with E-state index in [1.54, 1.807) is 11.4 Å². The molecule has 0 radical (unpaired) electrons. The molecule has 0 amide bonds. The highest BCUT2D eigenvalue weighted by Gasteiger charge is 2.56. The fourth-order valence-corrected chi connectivity index (χ4v) is 4.31. The number of ether oxygens (including phenoxy) is 6. The van der Waals surface area contributed by atoms with Crippen molar-refractivity contribution in [2.45, 2.75) is 5.66 Å². The van der Waals surface area contributed by atoms with Crippen molar-refractivity contribution in [2.24, 2.45) is 0 Å². The van der Waals surface area contributed by atoms with E-state index >= 15 is 8.78 Å². The van der Waals surface area contributed by atoms with Crippen molar-refractivity contribution >= 4 is 41.3 Å². The van der Waals surface area contributed by atoms with Crippen molar-refractivity contribution < 1.29 is 60.4 Å². The predicted octanol–water partition coefficient (Wildman–Crippen LogP) is 4.69. The molecular weight excluding hydrogens is 505 g/mol. The summed E-state index contributed by atoms with van der Waals surface area (Å²) in [5.74, 6) is 0. The molecule has 0 unspecified atom stereocenters. The Morgan fingerprint density at radius 3 is 1.97 bits per heavy atom. The van der Waals surface area contributed by atoms with Crippen LogP contribution in [0.2, 0.25) is 0 Å². The number of fused-ring (bicyclic) bond motifs is 1.